The van der Waals surface area contributed by atoms with Crippen molar-refractivity contribution in [3.63, 3.8) is 0 Å². The first-order chi connectivity index (χ1) is 12.6. The third-order valence-electron chi connectivity index (χ3n) is 4.19. The van der Waals surface area contributed by atoms with E-state index in [1.807, 2.05) is 36.5 Å². The molecule has 1 aromatic heterocycles. The first kappa shape index (κ1) is 23.2. The third kappa shape index (κ3) is 7.72. The molecule has 27 heavy (non-hydrogen) atoms. The molecule has 0 aliphatic rings. The van der Waals surface area contributed by atoms with Crippen LogP contribution in [0, 0.1) is 0 Å². The van der Waals surface area contributed by atoms with E-state index in [9.17, 15) is 0 Å². The number of pyridine rings is 1. The van der Waals surface area contributed by atoms with Crippen molar-refractivity contribution in [2.75, 3.05) is 41.3 Å². The van der Waals surface area contributed by atoms with Crippen LogP contribution in [-0.4, -0.2) is 57.2 Å². The molecule has 1 heterocycles. The van der Waals surface area contributed by atoms with E-state index < -0.39 is 0 Å². The SMILES string of the molecule is CN=C(NCCc1ccccn1)NCC(c1cccc(OC)c1)N(C)C.I. The lowest BCUT2D eigenvalue weighted by molar-refractivity contribution is 0.297. The van der Waals surface area contributed by atoms with E-state index in [1.165, 1.54) is 5.56 Å². The molecule has 1 unspecified atom stereocenters. The molecule has 0 saturated heterocycles. The Balaban J connectivity index is 0.00000364. The topological polar surface area (TPSA) is 61.8 Å². The Morgan fingerprint density at radius 3 is 2.63 bits per heavy atom. The molecule has 0 spiro atoms. The Morgan fingerprint density at radius 1 is 1.19 bits per heavy atom. The highest BCUT2D eigenvalue weighted by molar-refractivity contribution is 14.0. The third-order valence-corrected chi connectivity index (χ3v) is 4.19. The molecule has 0 saturated carbocycles. The Labute approximate surface area is 179 Å². The Bertz CT molecular complexity index is 694. The molecule has 0 aliphatic heterocycles. The molecule has 0 bridgehead atoms. The van der Waals surface area contributed by atoms with Gasteiger partial charge in [-0.15, -0.1) is 24.0 Å². The maximum absolute atomic E-state index is 5.35. The molecule has 0 amide bonds. The molecule has 6 nitrogen and oxygen atoms in total. The number of rotatable bonds is 8. The summed E-state index contributed by atoms with van der Waals surface area (Å²) in [5.41, 5.74) is 2.27. The van der Waals surface area contributed by atoms with Crippen LogP contribution in [0.25, 0.3) is 0 Å². The second-order valence-electron chi connectivity index (χ2n) is 6.21. The van der Waals surface area contributed by atoms with Crippen LogP contribution in [0.4, 0.5) is 0 Å². The number of benzene rings is 1. The Morgan fingerprint density at radius 2 is 2.00 bits per heavy atom. The standard InChI is InChI=1S/C20H29N5O.HI/c1-21-20(23-13-11-17-9-5-6-12-22-17)24-15-19(25(2)3)16-8-7-10-18(14-16)26-4;/h5-10,12,14,19H,11,13,15H2,1-4H3,(H2,21,23,24);1H. The summed E-state index contributed by atoms with van der Waals surface area (Å²) in [5, 5.41) is 6.75. The second-order valence-corrected chi connectivity index (χ2v) is 6.21. The van der Waals surface area contributed by atoms with Gasteiger partial charge in [-0.3, -0.25) is 9.98 Å². The van der Waals surface area contributed by atoms with E-state index in [1.54, 1.807) is 14.2 Å². The predicted octanol–water partition coefficient (Wildman–Crippen LogP) is 2.72. The smallest absolute Gasteiger partial charge is 0.191 e. The van der Waals surface area contributed by atoms with E-state index in [0.29, 0.717) is 0 Å². The van der Waals surface area contributed by atoms with Crippen LogP contribution < -0.4 is 15.4 Å². The average Bonchev–Trinajstić information content (AvgIpc) is 2.67. The molecular weight excluding hydrogens is 453 g/mol. The second kappa shape index (κ2) is 12.5. The Hall–Kier alpha value is -1.87. The number of halogens is 1. The summed E-state index contributed by atoms with van der Waals surface area (Å²) in [7, 11) is 7.62. The van der Waals surface area contributed by atoms with Gasteiger partial charge in [0, 0.05) is 38.4 Å². The van der Waals surface area contributed by atoms with E-state index in [-0.39, 0.29) is 30.0 Å². The monoisotopic (exact) mass is 483 g/mol. The van der Waals surface area contributed by atoms with Crippen molar-refractivity contribution < 1.29 is 4.74 Å². The number of ether oxygens (including phenoxy) is 1. The number of likely N-dealkylation sites (N-methyl/N-ethyl adjacent to an activating group) is 1. The van der Waals surface area contributed by atoms with Gasteiger partial charge in [0.05, 0.1) is 13.2 Å². The summed E-state index contributed by atoms with van der Waals surface area (Å²) in [5.74, 6) is 1.66. The number of aliphatic imine (C=N–C) groups is 1. The van der Waals surface area contributed by atoms with Crippen LogP contribution in [-0.2, 0) is 6.42 Å². The van der Waals surface area contributed by atoms with Crippen molar-refractivity contribution in [2.24, 2.45) is 4.99 Å². The summed E-state index contributed by atoms with van der Waals surface area (Å²) in [4.78, 5) is 10.8. The fourth-order valence-electron chi connectivity index (χ4n) is 2.72. The highest BCUT2D eigenvalue weighted by atomic mass is 127. The van der Waals surface area contributed by atoms with Crippen molar-refractivity contribution in [1.29, 1.82) is 0 Å². The van der Waals surface area contributed by atoms with Gasteiger partial charge in [0.25, 0.3) is 0 Å². The molecule has 148 valence electrons. The maximum atomic E-state index is 5.35. The minimum Gasteiger partial charge on any atom is -0.497 e. The van der Waals surface area contributed by atoms with Gasteiger partial charge in [-0.1, -0.05) is 18.2 Å². The van der Waals surface area contributed by atoms with E-state index in [0.717, 1.165) is 36.9 Å². The predicted molar refractivity (Wildman–Crippen MR) is 122 cm³/mol. The van der Waals surface area contributed by atoms with Gasteiger partial charge in [0.2, 0.25) is 0 Å². The number of aromatic nitrogens is 1. The number of hydrogen-bond acceptors (Lipinski definition) is 4. The molecule has 1 aromatic carbocycles. The summed E-state index contributed by atoms with van der Waals surface area (Å²) in [6, 6.07) is 14.3. The van der Waals surface area contributed by atoms with E-state index in [2.05, 4.69) is 51.7 Å². The van der Waals surface area contributed by atoms with Gasteiger partial charge in [-0.25, -0.2) is 0 Å². The molecule has 0 radical (unpaired) electrons. The van der Waals surface area contributed by atoms with Crippen molar-refractivity contribution in [1.82, 2.24) is 20.5 Å². The molecule has 2 aromatic rings. The highest BCUT2D eigenvalue weighted by Crippen LogP contribution is 2.21. The minimum atomic E-state index is 0. The van der Waals surface area contributed by atoms with E-state index in [4.69, 9.17) is 4.74 Å². The van der Waals surface area contributed by atoms with Crippen molar-refractivity contribution in [3.05, 3.63) is 59.9 Å². The summed E-state index contributed by atoms with van der Waals surface area (Å²) >= 11 is 0. The molecule has 7 heteroatoms. The minimum absolute atomic E-state index is 0. The van der Waals surface area contributed by atoms with Crippen LogP contribution in [0.3, 0.4) is 0 Å². The normalized spacial score (nSPS) is 12.3. The molecule has 2 N–H and O–H groups in total. The highest BCUT2D eigenvalue weighted by Gasteiger charge is 2.15. The van der Waals surface area contributed by atoms with Gasteiger partial charge >= 0.3 is 0 Å². The lowest BCUT2D eigenvalue weighted by atomic mass is 10.1. The van der Waals surface area contributed by atoms with Crippen LogP contribution >= 0.6 is 24.0 Å². The zero-order valence-electron chi connectivity index (χ0n) is 16.5. The maximum Gasteiger partial charge on any atom is 0.191 e. The molecular formula is C20H30IN5O. The van der Waals surface area contributed by atoms with Crippen LogP contribution in [0.1, 0.15) is 17.3 Å². The fraction of sp³-hybridized carbons (Fsp3) is 0.400. The lowest BCUT2D eigenvalue weighted by Gasteiger charge is -2.26. The molecule has 0 fully saturated rings. The first-order valence-electron chi connectivity index (χ1n) is 8.79. The molecule has 0 aliphatic carbocycles. The number of nitrogens with zero attached hydrogens (tertiary/aromatic N) is 3. The summed E-state index contributed by atoms with van der Waals surface area (Å²) in [6.45, 7) is 1.52. The largest absolute Gasteiger partial charge is 0.497 e. The number of methoxy groups -OCH3 is 1. The summed E-state index contributed by atoms with van der Waals surface area (Å²) < 4.78 is 5.35. The zero-order chi connectivity index (χ0) is 18.8. The number of guanidine groups is 1. The number of nitrogens with one attached hydrogen (secondary N) is 2. The van der Waals surface area contributed by atoms with Gasteiger partial charge in [0.15, 0.2) is 5.96 Å². The average molecular weight is 483 g/mol. The van der Waals surface area contributed by atoms with Crippen molar-refractivity contribution in [3.8, 4) is 5.75 Å². The van der Waals surface area contributed by atoms with Crippen molar-refractivity contribution in [2.45, 2.75) is 12.5 Å². The van der Waals surface area contributed by atoms with Crippen LogP contribution in [0.2, 0.25) is 0 Å². The van der Waals surface area contributed by atoms with E-state index >= 15 is 0 Å². The fourth-order valence-corrected chi connectivity index (χ4v) is 2.72. The quantitative estimate of drug-likeness (QED) is 0.344. The van der Waals surface area contributed by atoms with Crippen molar-refractivity contribution >= 4 is 29.9 Å². The Kier molecular flexibility index (Phi) is 10.7. The van der Waals surface area contributed by atoms with Gasteiger partial charge in [0.1, 0.15) is 5.75 Å². The lowest BCUT2D eigenvalue weighted by Crippen LogP contribution is -2.42. The van der Waals surface area contributed by atoms with Gasteiger partial charge in [-0.2, -0.15) is 0 Å². The first-order valence-corrected chi connectivity index (χ1v) is 8.79. The summed E-state index contributed by atoms with van der Waals surface area (Å²) in [6.07, 6.45) is 2.67. The van der Waals surface area contributed by atoms with Gasteiger partial charge < -0.3 is 20.3 Å². The molecule has 2 rings (SSSR count). The number of hydrogen-bond donors (Lipinski definition) is 2. The van der Waals surface area contributed by atoms with Crippen LogP contribution in [0.5, 0.6) is 5.75 Å². The van der Waals surface area contributed by atoms with Gasteiger partial charge in [-0.05, 0) is 43.9 Å². The molecule has 1 atom stereocenters. The zero-order valence-corrected chi connectivity index (χ0v) is 18.8. The van der Waals surface area contributed by atoms with Crippen LogP contribution in [0.15, 0.2) is 53.7 Å².